The van der Waals surface area contributed by atoms with Crippen molar-refractivity contribution in [1.82, 2.24) is 9.78 Å². The van der Waals surface area contributed by atoms with E-state index in [2.05, 4.69) is 5.10 Å². The zero-order chi connectivity index (χ0) is 29.9. The van der Waals surface area contributed by atoms with E-state index < -0.39 is 18.0 Å². The minimum absolute atomic E-state index is 0.0225. The monoisotopic (exact) mass is 592 g/mol. The molecule has 0 radical (unpaired) electrons. The number of carbonyl (C=O) groups excluding carboxylic acids is 1. The van der Waals surface area contributed by atoms with Crippen molar-refractivity contribution in [3.63, 3.8) is 0 Å². The van der Waals surface area contributed by atoms with Crippen LogP contribution >= 0.6 is 11.6 Å². The van der Waals surface area contributed by atoms with Gasteiger partial charge in [-0.3, -0.25) is 4.79 Å². The predicted octanol–water partition coefficient (Wildman–Crippen LogP) is 7.10. The molecule has 9 heteroatoms. The van der Waals surface area contributed by atoms with E-state index in [0.29, 0.717) is 22.0 Å². The minimum Gasteiger partial charge on any atom is -0.507 e. The van der Waals surface area contributed by atoms with Gasteiger partial charge < -0.3 is 19.0 Å². The van der Waals surface area contributed by atoms with Gasteiger partial charge >= 0.3 is 5.97 Å². The lowest BCUT2D eigenvalue weighted by atomic mass is 10.1. The van der Waals surface area contributed by atoms with Gasteiger partial charge in [0.2, 0.25) is 0 Å². The molecule has 0 atom stereocenters. The van der Waals surface area contributed by atoms with E-state index in [9.17, 15) is 14.7 Å². The van der Waals surface area contributed by atoms with Crippen LogP contribution in [0.1, 0.15) is 11.3 Å². The number of phenols is 1. The Labute approximate surface area is 251 Å². The third kappa shape index (κ3) is 6.14. The number of ether oxygens (including phenoxy) is 2. The lowest BCUT2D eigenvalue weighted by molar-refractivity contribution is -0.147. The van der Waals surface area contributed by atoms with E-state index in [0.717, 1.165) is 22.5 Å². The van der Waals surface area contributed by atoms with Crippen molar-refractivity contribution >= 4 is 28.5 Å². The van der Waals surface area contributed by atoms with E-state index in [1.807, 2.05) is 85.8 Å². The molecule has 0 bridgehead atoms. The molecule has 0 fully saturated rings. The molecule has 0 unspecified atom stereocenters. The number of aromatic hydroxyl groups is 1. The summed E-state index contributed by atoms with van der Waals surface area (Å²) in [6, 6.07) is 30.4. The van der Waals surface area contributed by atoms with E-state index in [4.69, 9.17) is 25.5 Å². The average molecular weight is 593 g/mol. The maximum Gasteiger partial charge on any atom is 0.344 e. The van der Waals surface area contributed by atoms with Crippen molar-refractivity contribution < 1.29 is 23.8 Å². The first kappa shape index (κ1) is 27.8. The molecular weight excluding hydrogens is 568 g/mol. The quantitative estimate of drug-likeness (QED) is 0.188. The fraction of sp³-hybridized carbons (Fsp3) is 0.0882. The Bertz CT molecular complexity index is 2000. The first-order chi connectivity index (χ1) is 20.8. The van der Waals surface area contributed by atoms with Crippen molar-refractivity contribution in [2.45, 2.75) is 13.5 Å². The number of carbonyl (C=O) groups is 1. The molecule has 0 saturated heterocycles. The van der Waals surface area contributed by atoms with Gasteiger partial charge in [0, 0.05) is 34.3 Å². The molecule has 0 spiro atoms. The second-order valence-corrected chi connectivity index (χ2v) is 10.3. The fourth-order valence-corrected chi connectivity index (χ4v) is 4.84. The molecule has 1 N–H and O–H groups in total. The van der Waals surface area contributed by atoms with Crippen LogP contribution in [0.25, 0.3) is 39.2 Å². The molecule has 0 aliphatic rings. The highest BCUT2D eigenvalue weighted by Crippen LogP contribution is 2.31. The summed E-state index contributed by atoms with van der Waals surface area (Å²) in [7, 11) is 0. The van der Waals surface area contributed by atoms with Crippen LogP contribution in [0.2, 0.25) is 5.02 Å². The number of halogens is 1. The Balaban J connectivity index is 1.18. The van der Waals surface area contributed by atoms with Crippen molar-refractivity contribution in [2.24, 2.45) is 0 Å². The van der Waals surface area contributed by atoms with Crippen LogP contribution in [0.4, 0.5) is 0 Å². The Morgan fingerprint density at radius 1 is 0.930 bits per heavy atom. The molecule has 6 aromatic rings. The van der Waals surface area contributed by atoms with Gasteiger partial charge in [-0.1, -0.05) is 71.8 Å². The van der Waals surface area contributed by atoms with E-state index >= 15 is 0 Å². The molecule has 0 saturated carbocycles. The largest absolute Gasteiger partial charge is 0.507 e. The molecule has 0 amide bonds. The van der Waals surface area contributed by atoms with Crippen LogP contribution in [0.3, 0.4) is 0 Å². The topological polar surface area (TPSA) is 104 Å². The zero-order valence-corrected chi connectivity index (χ0v) is 23.7. The highest BCUT2D eigenvalue weighted by Gasteiger charge is 2.16. The summed E-state index contributed by atoms with van der Waals surface area (Å²) in [6.07, 6.45) is 0. The van der Waals surface area contributed by atoms with Crippen molar-refractivity contribution in [2.75, 3.05) is 6.61 Å². The number of esters is 1. The standard InChI is InChI=1S/C34H25ClN2O6/c1-21-10-12-26(13-11-21)37-28(23-8-5-9-24(35)14-23)15-25(36-37)19-42-33(40)20-41-27-16-29(38)34-30(39)18-31(43-32(34)17-27)22-6-3-2-4-7-22/h2-18,38H,19-20H2,1H3. The lowest BCUT2D eigenvalue weighted by Gasteiger charge is -2.09. The van der Waals surface area contributed by atoms with Crippen molar-refractivity contribution in [3.05, 3.63) is 130 Å². The number of aromatic nitrogens is 2. The van der Waals surface area contributed by atoms with Gasteiger partial charge in [-0.15, -0.1) is 0 Å². The summed E-state index contributed by atoms with van der Waals surface area (Å²) < 4.78 is 18.7. The predicted molar refractivity (Wildman–Crippen MR) is 164 cm³/mol. The van der Waals surface area contributed by atoms with E-state index in [-0.39, 0.29) is 29.1 Å². The molecule has 214 valence electrons. The van der Waals surface area contributed by atoms with E-state index in [1.54, 1.807) is 10.7 Å². The number of nitrogens with zero attached hydrogens (tertiary/aromatic N) is 2. The van der Waals surface area contributed by atoms with Crippen LogP contribution in [-0.2, 0) is 16.1 Å². The number of phenolic OH excluding ortho intramolecular Hbond substituents is 1. The number of rotatable bonds is 8. The van der Waals surface area contributed by atoms with E-state index in [1.165, 1.54) is 18.2 Å². The van der Waals surface area contributed by atoms with Crippen molar-refractivity contribution in [1.29, 1.82) is 0 Å². The summed E-state index contributed by atoms with van der Waals surface area (Å²) in [5.41, 5.74) is 4.58. The lowest BCUT2D eigenvalue weighted by Crippen LogP contribution is -2.15. The maximum absolute atomic E-state index is 12.7. The average Bonchev–Trinajstić information content (AvgIpc) is 3.44. The van der Waals surface area contributed by atoms with Crippen LogP contribution in [-0.4, -0.2) is 27.5 Å². The normalized spacial score (nSPS) is 11.0. The Hall–Kier alpha value is -5.34. The fourth-order valence-electron chi connectivity index (χ4n) is 4.65. The number of hydrogen-bond acceptors (Lipinski definition) is 7. The Morgan fingerprint density at radius 2 is 1.70 bits per heavy atom. The summed E-state index contributed by atoms with van der Waals surface area (Å²) >= 11 is 6.24. The molecule has 43 heavy (non-hydrogen) atoms. The number of aryl methyl sites for hydroxylation is 1. The van der Waals surface area contributed by atoms with Gasteiger partial charge in [0.15, 0.2) is 12.0 Å². The third-order valence-corrected chi connectivity index (χ3v) is 6.97. The number of benzene rings is 4. The van der Waals surface area contributed by atoms with Gasteiger partial charge in [-0.25, -0.2) is 9.48 Å². The molecule has 2 heterocycles. The molecule has 2 aromatic heterocycles. The summed E-state index contributed by atoms with van der Waals surface area (Å²) in [4.78, 5) is 25.3. The molecule has 6 rings (SSSR count). The van der Waals surface area contributed by atoms with Gasteiger partial charge in [0.05, 0.1) is 11.4 Å². The van der Waals surface area contributed by atoms with Gasteiger partial charge in [0.25, 0.3) is 0 Å². The van der Waals surface area contributed by atoms with Crippen LogP contribution in [0.5, 0.6) is 11.5 Å². The molecule has 0 aliphatic heterocycles. The smallest absolute Gasteiger partial charge is 0.344 e. The highest BCUT2D eigenvalue weighted by molar-refractivity contribution is 6.30. The van der Waals surface area contributed by atoms with Crippen LogP contribution in [0, 0.1) is 6.92 Å². The second kappa shape index (κ2) is 11.9. The first-order valence-corrected chi connectivity index (χ1v) is 13.8. The third-order valence-electron chi connectivity index (χ3n) is 6.74. The minimum atomic E-state index is -0.645. The maximum atomic E-state index is 12.7. The molecule has 4 aromatic carbocycles. The Morgan fingerprint density at radius 3 is 2.47 bits per heavy atom. The number of fused-ring (bicyclic) bond motifs is 1. The zero-order valence-electron chi connectivity index (χ0n) is 23.0. The first-order valence-electron chi connectivity index (χ1n) is 13.4. The Kier molecular flexibility index (Phi) is 7.68. The summed E-state index contributed by atoms with van der Waals surface area (Å²) in [5, 5.41) is 15.8. The van der Waals surface area contributed by atoms with Crippen LogP contribution in [0.15, 0.2) is 112 Å². The van der Waals surface area contributed by atoms with Crippen molar-refractivity contribution in [3.8, 4) is 39.8 Å². The molecular formula is C34H25ClN2O6. The van der Waals surface area contributed by atoms with Crippen LogP contribution < -0.4 is 10.2 Å². The summed E-state index contributed by atoms with van der Waals surface area (Å²) in [5.74, 6) is -0.476. The second-order valence-electron chi connectivity index (χ2n) is 9.88. The molecule has 8 nitrogen and oxygen atoms in total. The SMILES string of the molecule is Cc1ccc(-n2nc(COC(=O)COc3cc(O)c4c(=O)cc(-c5ccccc5)oc4c3)cc2-c2cccc(Cl)c2)cc1. The highest BCUT2D eigenvalue weighted by atomic mass is 35.5. The van der Waals surface area contributed by atoms with Gasteiger partial charge in [-0.2, -0.15) is 5.10 Å². The number of hydrogen-bond donors (Lipinski definition) is 1. The van der Waals surface area contributed by atoms with Gasteiger partial charge in [0.1, 0.15) is 40.5 Å². The summed E-state index contributed by atoms with van der Waals surface area (Å²) in [6.45, 7) is 1.48. The molecule has 0 aliphatic carbocycles. The van der Waals surface area contributed by atoms with Gasteiger partial charge in [-0.05, 0) is 37.3 Å².